The molecule has 0 aliphatic heterocycles. The van der Waals surface area contributed by atoms with Gasteiger partial charge in [0.25, 0.3) is 10.0 Å². The lowest BCUT2D eigenvalue weighted by Gasteiger charge is -2.11. The molecule has 0 heterocycles. The number of fused-ring (bicyclic) bond motifs is 1. The second-order valence-corrected chi connectivity index (χ2v) is 6.83. The number of rotatable bonds is 4. The first-order chi connectivity index (χ1) is 10.6. The van der Waals surface area contributed by atoms with Crippen LogP contribution in [0.2, 0.25) is 5.02 Å². The maximum absolute atomic E-state index is 12.2. The lowest BCUT2D eigenvalue weighted by atomic mass is 10.1. The molecule has 2 N–H and O–H groups in total. The molecule has 0 aliphatic rings. The lowest BCUT2D eigenvalue weighted by Crippen LogP contribution is -2.29. The number of hydrazine groups is 1. The van der Waals surface area contributed by atoms with Gasteiger partial charge in [0.1, 0.15) is 0 Å². The van der Waals surface area contributed by atoms with Crippen molar-refractivity contribution in [2.45, 2.75) is 4.90 Å². The maximum atomic E-state index is 12.2. The summed E-state index contributed by atoms with van der Waals surface area (Å²) in [6.07, 6.45) is 0. The van der Waals surface area contributed by atoms with Crippen LogP contribution in [-0.4, -0.2) is 8.42 Å². The van der Waals surface area contributed by atoms with Gasteiger partial charge in [-0.3, -0.25) is 0 Å². The number of halogens is 1. The van der Waals surface area contributed by atoms with E-state index in [1.807, 2.05) is 42.5 Å². The fraction of sp³-hybridized carbons (Fsp3) is 0. The van der Waals surface area contributed by atoms with Crippen LogP contribution in [0.3, 0.4) is 0 Å². The maximum Gasteiger partial charge on any atom is 0.257 e. The van der Waals surface area contributed by atoms with Gasteiger partial charge in [-0.2, -0.15) is 0 Å². The van der Waals surface area contributed by atoms with Gasteiger partial charge in [-0.1, -0.05) is 48.0 Å². The fourth-order valence-electron chi connectivity index (χ4n) is 2.13. The van der Waals surface area contributed by atoms with Crippen molar-refractivity contribution in [3.05, 3.63) is 71.8 Å². The van der Waals surface area contributed by atoms with Crippen molar-refractivity contribution in [1.82, 2.24) is 4.83 Å². The molecule has 112 valence electrons. The highest BCUT2D eigenvalue weighted by Crippen LogP contribution is 2.22. The van der Waals surface area contributed by atoms with Gasteiger partial charge in [0.15, 0.2) is 0 Å². The minimum atomic E-state index is -3.66. The molecule has 0 aromatic heterocycles. The van der Waals surface area contributed by atoms with E-state index in [4.69, 9.17) is 11.6 Å². The summed E-state index contributed by atoms with van der Waals surface area (Å²) in [6, 6.07) is 19.4. The first-order valence-electron chi connectivity index (χ1n) is 6.57. The van der Waals surface area contributed by atoms with E-state index in [0.29, 0.717) is 10.7 Å². The predicted molar refractivity (Wildman–Crippen MR) is 89.3 cm³/mol. The number of benzene rings is 3. The summed E-state index contributed by atoms with van der Waals surface area (Å²) < 4.78 is 24.5. The van der Waals surface area contributed by atoms with Crippen molar-refractivity contribution in [1.29, 1.82) is 0 Å². The minimum Gasteiger partial charge on any atom is -0.307 e. The van der Waals surface area contributed by atoms with E-state index < -0.39 is 10.0 Å². The third kappa shape index (κ3) is 3.06. The zero-order valence-corrected chi connectivity index (χ0v) is 13.0. The van der Waals surface area contributed by atoms with Crippen molar-refractivity contribution in [3.63, 3.8) is 0 Å². The molecular weight excluding hydrogens is 320 g/mol. The van der Waals surface area contributed by atoms with E-state index in [-0.39, 0.29) is 4.90 Å². The molecule has 22 heavy (non-hydrogen) atoms. The van der Waals surface area contributed by atoms with Crippen molar-refractivity contribution in [2.75, 3.05) is 5.43 Å². The molecule has 0 saturated heterocycles. The average Bonchev–Trinajstić information content (AvgIpc) is 2.53. The number of sulfonamides is 1. The van der Waals surface area contributed by atoms with Crippen LogP contribution in [0, 0.1) is 0 Å². The summed E-state index contributed by atoms with van der Waals surface area (Å²) in [7, 11) is -3.66. The summed E-state index contributed by atoms with van der Waals surface area (Å²) >= 11 is 5.77. The average molecular weight is 333 g/mol. The van der Waals surface area contributed by atoms with Crippen molar-refractivity contribution in [2.24, 2.45) is 0 Å². The molecule has 0 unspecified atom stereocenters. The van der Waals surface area contributed by atoms with Crippen LogP contribution in [0.25, 0.3) is 10.8 Å². The molecule has 0 atom stereocenters. The van der Waals surface area contributed by atoms with E-state index in [2.05, 4.69) is 10.3 Å². The molecule has 0 radical (unpaired) electrons. The van der Waals surface area contributed by atoms with E-state index >= 15 is 0 Å². The van der Waals surface area contributed by atoms with E-state index in [1.165, 1.54) is 24.3 Å². The Labute approximate surface area is 133 Å². The second-order valence-electron chi connectivity index (χ2n) is 4.71. The number of anilines is 1. The third-order valence-electron chi connectivity index (χ3n) is 3.23. The van der Waals surface area contributed by atoms with Crippen LogP contribution in [0.4, 0.5) is 5.69 Å². The van der Waals surface area contributed by atoms with Crippen LogP contribution in [0.5, 0.6) is 0 Å². The number of hydrogen-bond acceptors (Lipinski definition) is 3. The van der Waals surface area contributed by atoms with Crippen molar-refractivity contribution >= 4 is 38.1 Å². The largest absolute Gasteiger partial charge is 0.307 e. The summed E-state index contributed by atoms with van der Waals surface area (Å²) in [5.74, 6) is 0. The van der Waals surface area contributed by atoms with E-state index in [1.54, 1.807) is 0 Å². The molecule has 3 aromatic carbocycles. The summed E-state index contributed by atoms with van der Waals surface area (Å²) in [4.78, 5) is 2.53. The summed E-state index contributed by atoms with van der Waals surface area (Å²) in [5.41, 5.74) is 3.46. The minimum absolute atomic E-state index is 0.143. The quantitative estimate of drug-likeness (QED) is 0.714. The van der Waals surface area contributed by atoms with Crippen LogP contribution >= 0.6 is 11.6 Å². The van der Waals surface area contributed by atoms with Gasteiger partial charge >= 0.3 is 0 Å². The van der Waals surface area contributed by atoms with Gasteiger partial charge in [0.2, 0.25) is 0 Å². The SMILES string of the molecule is O=S(=O)(NNc1cccc2ccccc12)c1ccc(Cl)cc1. The van der Waals surface area contributed by atoms with Gasteiger partial charge in [-0.15, -0.1) is 4.83 Å². The van der Waals surface area contributed by atoms with E-state index in [9.17, 15) is 8.42 Å². The third-order valence-corrected chi connectivity index (χ3v) is 4.75. The van der Waals surface area contributed by atoms with Gasteiger partial charge < -0.3 is 5.43 Å². The van der Waals surface area contributed by atoms with Gasteiger partial charge in [-0.05, 0) is 35.7 Å². The molecule has 0 bridgehead atoms. The molecule has 0 fully saturated rings. The Hall–Kier alpha value is -2.08. The summed E-state index contributed by atoms with van der Waals surface area (Å²) in [6.45, 7) is 0. The Morgan fingerprint density at radius 2 is 1.50 bits per heavy atom. The molecule has 0 saturated carbocycles. The Balaban J connectivity index is 1.86. The predicted octanol–water partition coefficient (Wildman–Crippen LogP) is 3.80. The first kappa shape index (κ1) is 14.8. The molecule has 0 aliphatic carbocycles. The normalized spacial score (nSPS) is 11.5. The second kappa shape index (κ2) is 5.96. The number of hydrogen-bond donors (Lipinski definition) is 2. The van der Waals surface area contributed by atoms with Crippen molar-refractivity contribution in [3.8, 4) is 0 Å². The van der Waals surface area contributed by atoms with Gasteiger partial charge in [0, 0.05) is 10.4 Å². The van der Waals surface area contributed by atoms with Crippen LogP contribution in [0.1, 0.15) is 0 Å². The Morgan fingerprint density at radius 3 is 2.27 bits per heavy atom. The van der Waals surface area contributed by atoms with Gasteiger partial charge in [0.05, 0.1) is 10.6 Å². The zero-order chi connectivity index (χ0) is 15.6. The van der Waals surface area contributed by atoms with Crippen LogP contribution < -0.4 is 10.3 Å². The Kier molecular flexibility index (Phi) is 4.02. The fourth-order valence-corrected chi connectivity index (χ4v) is 3.11. The van der Waals surface area contributed by atoms with Gasteiger partial charge in [-0.25, -0.2) is 8.42 Å². The van der Waals surface area contributed by atoms with Crippen molar-refractivity contribution < 1.29 is 8.42 Å². The highest BCUT2D eigenvalue weighted by Gasteiger charge is 2.13. The molecule has 0 spiro atoms. The van der Waals surface area contributed by atoms with E-state index in [0.717, 1.165) is 10.8 Å². The molecule has 3 aromatic rings. The zero-order valence-electron chi connectivity index (χ0n) is 11.5. The first-order valence-corrected chi connectivity index (χ1v) is 8.43. The molecule has 0 amide bonds. The topological polar surface area (TPSA) is 58.2 Å². The monoisotopic (exact) mass is 332 g/mol. The smallest absolute Gasteiger partial charge is 0.257 e. The number of nitrogens with one attached hydrogen (secondary N) is 2. The molecular formula is C16H13ClN2O2S. The van der Waals surface area contributed by atoms with Crippen LogP contribution in [0.15, 0.2) is 71.6 Å². The lowest BCUT2D eigenvalue weighted by molar-refractivity contribution is 0.588. The Bertz CT molecular complexity index is 904. The highest BCUT2D eigenvalue weighted by atomic mass is 35.5. The Morgan fingerprint density at radius 1 is 0.818 bits per heavy atom. The highest BCUT2D eigenvalue weighted by molar-refractivity contribution is 7.89. The molecule has 4 nitrogen and oxygen atoms in total. The molecule has 6 heteroatoms. The molecule has 3 rings (SSSR count). The summed E-state index contributed by atoms with van der Waals surface area (Å²) in [5, 5.41) is 2.45. The van der Waals surface area contributed by atoms with Crippen LogP contribution in [-0.2, 0) is 10.0 Å². The standard InChI is InChI=1S/C16H13ClN2O2S/c17-13-8-10-14(11-9-13)22(20,21)19-18-16-7-3-5-12-4-1-2-6-15(12)16/h1-11,18-19H.